The Morgan fingerprint density at radius 1 is 1.57 bits per heavy atom. The van der Waals surface area contributed by atoms with Gasteiger partial charge in [0.2, 0.25) is 0 Å². The summed E-state index contributed by atoms with van der Waals surface area (Å²) < 4.78 is 5.64. The molecule has 0 bridgehead atoms. The van der Waals surface area contributed by atoms with Gasteiger partial charge in [-0.15, -0.1) is 0 Å². The van der Waals surface area contributed by atoms with Gasteiger partial charge in [-0.1, -0.05) is 18.7 Å². The minimum atomic E-state index is -1.04. The number of halogens is 1. The average Bonchev–Trinajstić information content (AvgIpc) is 2.17. The fraction of sp³-hybridized carbons (Fsp3) is 0.100. The van der Waals surface area contributed by atoms with Crippen LogP contribution in [0.15, 0.2) is 29.3 Å². The van der Waals surface area contributed by atoms with Gasteiger partial charge in [-0.05, 0) is 22.0 Å². The van der Waals surface area contributed by atoms with Crippen molar-refractivity contribution in [1.29, 1.82) is 0 Å². The molecule has 74 valence electrons. The molecule has 4 heteroatoms. The molecule has 0 amide bonds. The number of hydrogen-bond acceptors (Lipinski definition) is 2. The standard InChI is InChI=1S/C10H9BrO3/c1-6(10(12)13)7-4-3-5-8(14-2)9(7)11/h3-5H,1H2,2H3,(H,12,13). The van der Waals surface area contributed by atoms with Crippen molar-refractivity contribution < 1.29 is 14.6 Å². The summed E-state index contributed by atoms with van der Waals surface area (Å²) in [7, 11) is 1.52. The first-order valence-electron chi connectivity index (χ1n) is 3.83. The van der Waals surface area contributed by atoms with Crippen molar-refractivity contribution in [2.24, 2.45) is 0 Å². The summed E-state index contributed by atoms with van der Waals surface area (Å²) in [6.45, 7) is 3.48. The molecule has 0 atom stereocenters. The lowest BCUT2D eigenvalue weighted by Gasteiger charge is -2.08. The maximum absolute atomic E-state index is 10.7. The number of benzene rings is 1. The van der Waals surface area contributed by atoms with Crippen LogP contribution < -0.4 is 4.74 Å². The topological polar surface area (TPSA) is 46.5 Å². The van der Waals surface area contributed by atoms with E-state index in [0.29, 0.717) is 15.8 Å². The third kappa shape index (κ3) is 1.96. The summed E-state index contributed by atoms with van der Waals surface area (Å²) in [6.07, 6.45) is 0. The van der Waals surface area contributed by atoms with Gasteiger partial charge in [0.15, 0.2) is 0 Å². The monoisotopic (exact) mass is 256 g/mol. The Morgan fingerprint density at radius 3 is 2.71 bits per heavy atom. The van der Waals surface area contributed by atoms with Gasteiger partial charge in [0.25, 0.3) is 0 Å². The Bertz CT molecular complexity index is 385. The molecule has 1 rings (SSSR count). The third-order valence-electron chi connectivity index (χ3n) is 1.77. The van der Waals surface area contributed by atoms with Gasteiger partial charge < -0.3 is 9.84 Å². The lowest BCUT2D eigenvalue weighted by Crippen LogP contribution is -1.99. The molecule has 0 unspecified atom stereocenters. The van der Waals surface area contributed by atoms with E-state index in [1.165, 1.54) is 7.11 Å². The van der Waals surface area contributed by atoms with Crippen LogP contribution in [0, 0.1) is 0 Å². The van der Waals surface area contributed by atoms with Gasteiger partial charge in [-0.2, -0.15) is 0 Å². The van der Waals surface area contributed by atoms with Gasteiger partial charge in [0.05, 0.1) is 17.2 Å². The highest BCUT2D eigenvalue weighted by Crippen LogP contribution is 2.31. The Labute approximate surface area is 90.1 Å². The maximum Gasteiger partial charge on any atom is 0.335 e. The van der Waals surface area contributed by atoms with E-state index in [1.807, 2.05) is 0 Å². The first-order chi connectivity index (χ1) is 6.57. The molecule has 1 aromatic carbocycles. The number of hydrogen-bond donors (Lipinski definition) is 1. The zero-order chi connectivity index (χ0) is 10.7. The molecular weight excluding hydrogens is 248 g/mol. The van der Waals surface area contributed by atoms with Crippen molar-refractivity contribution in [3.05, 3.63) is 34.8 Å². The summed E-state index contributed by atoms with van der Waals surface area (Å²) in [6, 6.07) is 5.12. The molecule has 0 aromatic heterocycles. The molecule has 1 aromatic rings. The molecule has 0 aliphatic heterocycles. The van der Waals surface area contributed by atoms with E-state index < -0.39 is 5.97 Å². The van der Waals surface area contributed by atoms with Gasteiger partial charge in [0.1, 0.15) is 5.75 Å². The maximum atomic E-state index is 10.7. The Hall–Kier alpha value is -1.29. The number of aliphatic carboxylic acids is 1. The van der Waals surface area contributed by atoms with Crippen LogP contribution in [0.3, 0.4) is 0 Å². The number of rotatable bonds is 3. The lowest BCUT2D eigenvalue weighted by molar-refractivity contribution is -0.130. The zero-order valence-corrected chi connectivity index (χ0v) is 9.17. The van der Waals surface area contributed by atoms with Crippen molar-refractivity contribution in [3.63, 3.8) is 0 Å². The minimum absolute atomic E-state index is 0.0378. The number of carboxylic acid groups (broad SMARTS) is 1. The van der Waals surface area contributed by atoms with Crippen molar-refractivity contribution in [2.75, 3.05) is 7.11 Å². The minimum Gasteiger partial charge on any atom is -0.496 e. The van der Waals surface area contributed by atoms with Crippen LogP contribution in [0.1, 0.15) is 5.56 Å². The first kappa shape index (κ1) is 10.8. The predicted molar refractivity (Wildman–Crippen MR) is 57.4 cm³/mol. The van der Waals surface area contributed by atoms with Crippen LogP contribution >= 0.6 is 15.9 Å². The Balaban J connectivity index is 3.22. The van der Waals surface area contributed by atoms with E-state index in [4.69, 9.17) is 9.84 Å². The number of carboxylic acids is 1. The van der Waals surface area contributed by atoms with Crippen molar-refractivity contribution in [2.45, 2.75) is 0 Å². The molecule has 0 spiro atoms. The number of ether oxygens (including phenoxy) is 1. The fourth-order valence-corrected chi connectivity index (χ4v) is 1.68. The Kier molecular flexibility index (Phi) is 3.30. The zero-order valence-electron chi connectivity index (χ0n) is 7.58. The molecule has 3 nitrogen and oxygen atoms in total. The average molecular weight is 257 g/mol. The first-order valence-corrected chi connectivity index (χ1v) is 4.62. The van der Waals surface area contributed by atoms with Gasteiger partial charge >= 0.3 is 5.97 Å². The molecule has 0 fully saturated rings. The van der Waals surface area contributed by atoms with Gasteiger partial charge in [-0.25, -0.2) is 4.79 Å². The molecular formula is C10H9BrO3. The summed E-state index contributed by atoms with van der Waals surface area (Å²) in [5, 5.41) is 8.76. The second kappa shape index (κ2) is 4.28. The fourth-order valence-electron chi connectivity index (χ4n) is 1.02. The molecule has 0 aliphatic rings. The van der Waals surface area contributed by atoms with Crippen LogP contribution in [0.2, 0.25) is 0 Å². The summed E-state index contributed by atoms with van der Waals surface area (Å²) >= 11 is 3.26. The van der Waals surface area contributed by atoms with E-state index in [0.717, 1.165) is 0 Å². The van der Waals surface area contributed by atoms with Crippen LogP contribution in [-0.2, 0) is 4.79 Å². The lowest BCUT2D eigenvalue weighted by atomic mass is 10.1. The molecule has 0 aliphatic carbocycles. The van der Waals surface area contributed by atoms with E-state index >= 15 is 0 Å². The molecule has 0 saturated carbocycles. The molecule has 0 radical (unpaired) electrons. The Morgan fingerprint density at radius 2 is 2.21 bits per heavy atom. The van der Waals surface area contributed by atoms with E-state index in [9.17, 15) is 4.79 Å². The van der Waals surface area contributed by atoms with E-state index in [1.54, 1.807) is 18.2 Å². The van der Waals surface area contributed by atoms with Crippen molar-refractivity contribution in [1.82, 2.24) is 0 Å². The summed E-state index contributed by atoms with van der Waals surface area (Å²) in [4.78, 5) is 10.7. The highest BCUT2D eigenvalue weighted by molar-refractivity contribution is 9.10. The molecule has 14 heavy (non-hydrogen) atoms. The second-order valence-corrected chi connectivity index (χ2v) is 3.40. The summed E-state index contributed by atoms with van der Waals surface area (Å²) in [5.74, 6) is -0.455. The smallest absolute Gasteiger partial charge is 0.335 e. The molecule has 1 N–H and O–H groups in total. The quantitative estimate of drug-likeness (QED) is 0.846. The van der Waals surface area contributed by atoms with Gasteiger partial charge in [0, 0.05) is 5.56 Å². The van der Waals surface area contributed by atoms with Crippen LogP contribution in [-0.4, -0.2) is 18.2 Å². The van der Waals surface area contributed by atoms with Crippen LogP contribution in [0.4, 0.5) is 0 Å². The molecule has 0 heterocycles. The van der Waals surface area contributed by atoms with Crippen molar-refractivity contribution >= 4 is 27.5 Å². The van der Waals surface area contributed by atoms with E-state index in [2.05, 4.69) is 22.5 Å². The highest BCUT2D eigenvalue weighted by atomic mass is 79.9. The second-order valence-electron chi connectivity index (χ2n) is 2.61. The highest BCUT2D eigenvalue weighted by Gasteiger charge is 2.13. The van der Waals surface area contributed by atoms with Crippen LogP contribution in [0.25, 0.3) is 5.57 Å². The van der Waals surface area contributed by atoms with Gasteiger partial charge in [-0.3, -0.25) is 0 Å². The van der Waals surface area contributed by atoms with Crippen LogP contribution in [0.5, 0.6) is 5.75 Å². The number of carbonyl (C=O) groups is 1. The predicted octanol–water partition coefficient (Wildman–Crippen LogP) is 2.56. The summed E-state index contributed by atoms with van der Waals surface area (Å²) in [5.41, 5.74) is 0.563. The van der Waals surface area contributed by atoms with E-state index in [-0.39, 0.29) is 5.57 Å². The number of methoxy groups -OCH3 is 1. The SMILES string of the molecule is C=C(C(=O)O)c1cccc(OC)c1Br. The largest absolute Gasteiger partial charge is 0.496 e. The third-order valence-corrected chi connectivity index (χ3v) is 2.58. The normalized spacial score (nSPS) is 9.57. The van der Waals surface area contributed by atoms with Crippen molar-refractivity contribution in [3.8, 4) is 5.75 Å². The molecule has 0 saturated heterocycles.